The van der Waals surface area contributed by atoms with Crippen molar-refractivity contribution >= 4 is 16.8 Å². The average Bonchev–Trinajstić information content (AvgIpc) is 2.76. The molecular weight excluding hydrogens is 240 g/mol. The second-order valence-corrected chi connectivity index (χ2v) is 5.41. The van der Waals surface area contributed by atoms with Gasteiger partial charge in [-0.3, -0.25) is 9.78 Å². The molecular formula is C15H20N2O2. The Bertz CT molecular complexity index is 612. The zero-order chi connectivity index (χ0) is 14.2. The molecule has 2 aromatic heterocycles. The molecule has 102 valence electrons. The Hall–Kier alpha value is -1.68. The Balaban J connectivity index is 2.69. The molecule has 0 amide bonds. The molecule has 0 atom stereocenters. The summed E-state index contributed by atoms with van der Waals surface area (Å²) in [6.07, 6.45) is 3.66. The molecule has 0 unspecified atom stereocenters. The number of aliphatic hydroxyl groups is 1. The van der Waals surface area contributed by atoms with Gasteiger partial charge in [0.2, 0.25) is 0 Å². The van der Waals surface area contributed by atoms with E-state index in [0.29, 0.717) is 17.5 Å². The molecule has 0 fully saturated rings. The van der Waals surface area contributed by atoms with Crippen molar-refractivity contribution in [1.29, 1.82) is 0 Å². The first-order valence-corrected chi connectivity index (χ1v) is 6.60. The van der Waals surface area contributed by atoms with Gasteiger partial charge >= 0.3 is 0 Å². The minimum Gasteiger partial charge on any atom is -0.388 e. The largest absolute Gasteiger partial charge is 0.388 e. The molecule has 4 heteroatoms. The highest BCUT2D eigenvalue weighted by atomic mass is 16.3. The van der Waals surface area contributed by atoms with Crippen LogP contribution in [0.2, 0.25) is 0 Å². The van der Waals surface area contributed by atoms with Gasteiger partial charge in [0.25, 0.3) is 0 Å². The molecule has 0 bridgehead atoms. The van der Waals surface area contributed by atoms with Gasteiger partial charge in [0, 0.05) is 24.0 Å². The van der Waals surface area contributed by atoms with Crippen LogP contribution in [0.1, 0.15) is 55.6 Å². The highest BCUT2D eigenvalue weighted by Crippen LogP contribution is 2.28. The van der Waals surface area contributed by atoms with E-state index in [9.17, 15) is 4.79 Å². The molecule has 0 saturated carbocycles. The maximum atomic E-state index is 11.6. The molecule has 0 radical (unpaired) electrons. The lowest BCUT2D eigenvalue weighted by Gasteiger charge is -2.09. The van der Waals surface area contributed by atoms with E-state index in [1.807, 2.05) is 6.07 Å². The fraction of sp³-hybridized carbons (Fsp3) is 0.467. The molecule has 0 saturated heterocycles. The van der Waals surface area contributed by atoms with Crippen molar-refractivity contribution in [2.75, 3.05) is 6.61 Å². The van der Waals surface area contributed by atoms with Crippen molar-refractivity contribution in [2.45, 2.75) is 39.7 Å². The van der Waals surface area contributed by atoms with Crippen molar-refractivity contribution < 1.29 is 9.90 Å². The van der Waals surface area contributed by atoms with E-state index in [-0.39, 0.29) is 5.78 Å². The van der Waals surface area contributed by atoms with Gasteiger partial charge in [0.15, 0.2) is 5.78 Å². The van der Waals surface area contributed by atoms with Crippen molar-refractivity contribution in [3.05, 3.63) is 29.6 Å². The fourth-order valence-corrected chi connectivity index (χ4v) is 2.25. The van der Waals surface area contributed by atoms with E-state index in [0.717, 1.165) is 11.0 Å². The van der Waals surface area contributed by atoms with Crippen molar-refractivity contribution in [2.24, 2.45) is 0 Å². The zero-order valence-corrected chi connectivity index (χ0v) is 11.8. The predicted molar refractivity (Wildman–Crippen MR) is 75.6 cm³/mol. The van der Waals surface area contributed by atoms with Crippen LogP contribution in [0.3, 0.4) is 0 Å². The maximum Gasteiger partial charge on any atom is 0.189 e. The molecule has 0 aromatic carbocycles. The summed E-state index contributed by atoms with van der Waals surface area (Å²) in [4.78, 5) is 16.0. The van der Waals surface area contributed by atoms with Crippen molar-refractivity contribution in [1.82, 2.24) is 9.55 Å². The molecule has 0 aliphatic carbocycles. The van der Waals surface area contributed by atoms with Crippen LogP contribution in [0.15, 0.2) is 18.5 Å². The number of hydrogen-bond donors (Lipinski definition) is 1. The third-order valence-electron chi connectivity index (χ3n) is 3.34. The number of Topliss-reactive ketones (excluding diaryl/α,β-unsaturated/α-hetero) is 1. The van der Waals surface area contributed by atoms with E-state index in [1.165, 1.54) is 5.56 Å². The van der Waals surface area contributed by atoms with Crippen LogP contribution in [0.5, 0.6) is 0 Å². The predicted octanol–water partition coefficient (Wildman–Crippen LogP) is 2.92. The number of carbonyl (C=O) groups excluding carboxylic acids is 1. The summed E-state index contributed by atoms with van der Waals surface area (Å²) >= 11 is 0. The SMILES string of the molecule is CC(C)c1cn(C(C)C)c2cc(C(=O)CO)cnc12. The van der Waals surface area contributed by atoms with Gasteiger partial charge < -0.3 is 9.67 Å². The second kappa shape index (κ2) is 5.13. The first-order valence-electron chi connectivity index (χ1n) is 6.60. The number of aromatic nitrogens is 2. The second-order valence-electron chi connectivity index (χ2n) is 5.41. The van der Waals surface area contributed by atoms with E-state index >= 15 is 0 Å². The van der Waals surface area contributed by atoms with Gasteiger partial charge in [-0.05, 0) is 31.4 Å². The number of pyridine rings is 1. The molecule has 4 nitrogen and oxygen atoms in total. The molecule has 1 N–H and O–H groups in total. The first-order chi connectivity index (χ1) is 8.95. The fourth-order valence-electron chi connectivity index (χ4n) is 2.25. The van der Waals surface area contributed by atoms with Crippen LogP contribution in [0, 0.1) is 0 Å². The molecule has 0 aliphatic rings. The van der Waals surface area contributed by atoms with Gasteiger partial charge in [-0.2, -0.15) is 0 Å². The lowest BCUT2D eigenvalue weighted by atomic mass is 10.1. The Morgan fingerprint density at radius 3 is 2.58 bits per heavy atom. The minimum atomic E-state index is -0.480. The van der Waals surface area contributed by atoms with Crippen LogP contribution in [-0.2, 0) is 0 Å². The van der Waals surface area contributed by atoms with E-state index in [1.54, 1.807) is 6.20 Å². The molecule has 0 spiro atoms. The third-order valence-corrected chi connectivity index (χ3v) is 3.34. The Morgan fingerprint density at radius 1 is 1.37 bits per heavy atom. The van der Waals surface area contributed by atoms with E-state index in [4.69, 9.17) is 5.11 Å². The lowest BCUT2D eigenvalue weighted by molar-refractivity contribution is 0.0903. The summed E-state index contributed by atoms with van der Waals surface area (Å²) in [7, 11) is 0. The number of nitrogens with zero attached hydrogens (tertiary/aromatic N) is 2. The molecule has 0 aliphatic heterocycles. The Labute approximate surface area is 113 Å². The molecule has 2 heterocycles. The van der Waals surface area contributed by atoms with Gasteiger partial charge in [0.05, 0.1) is 11.0 Å². The van der Waals surface area contributed by atoms with Gasteiger partial charge in [-0.25, -0.2) is 0 Å². The first kappa shape index (κ1) is 13.7. The smallest absolute Gasteiger partial charge is 0.189 e. The summed E-state index contributed by atoms with van der Waals surface area (Å²) in [6.45, 7) is 7.99. The quantitative estimate of drug-likeness (QED) is 0.860. The molecule has 19 heavy (non-hydrogen) atoms. The zero-order valence-electron chi connectivity index (χ0n) is 11.8. The maximum absolute atomic E-state index is 11.6. The van der Waals surface area contributed by atoms with Crippen LogP contribution in [0.25, 0.3) is 11.0 Å². The summed E-state index contributed by atoms with van der Waals surface area (Å²) in [5, 5.41) is 8.95. The lowest BCUT2D eigenvalue weighted by Crippen LogP contribution is -2.06. The molecule has 2 aromatic rings. The monoisotopic (exact) mass is 260 g/mol. The topological polar surface area (TPSA) is 55.1 Å². The Morgan fingerprint density at radius 2 is 2.05 bits per heavy atom. The standard InChI is InChI=1S/C15H20N2O2/c1-9(2)12-7-17(10(3)4)13-5-11(14(19)8-18)6-16-15(12)13/h5-7,9-10,18H,8H2,1-4H3. The van der Waals surface area contributed by atoms with Gasteiger partial charge in [0.1, 0.15) is 6.61 Å². The third kappa shape index (κ3) is 2.40. The van der Waals surface area contributed by atoms with Crippen LogP contribution in [-0.4, -0.2) is 27.0 Å². The Kier molecular flexibility index (Phi) is 3.71. The van der Waals surface area contributed by atoms with E-state index < -0.39 is 6.61 Å². The van der Waals surface area contributed by atoms with E-state index in [2.05, 4.69) is 43.4 Å². The normalized spacial score (nSPS) is 11.7. The minimum absolute atomic E-state index is 0.294. The number of aliphatic hydroxyl groups excluding tert-OH is 1. The highest BCUT2D eigenvalue weighted by Gasteiger charge is 2.16. The molecule has 2 rings (SSSR count). The summed E-state index contributed by atoms with van der Waals surface area (Å²) in [6, 6.07) is 2.13. The van der Waals surface area contributed by atoms with Crippen LogP contribution >= 0.6 is 0 Å². The van der Waals surface area contributed by atoms with Crippen molar-refractivity contribution in [3.8, 4) is 0 Å². The summed E-state index contributed by atoms with van der Waals surface area (Å²) < 4.78 is 2.13. The number of carbonyl (C=O) groups is 1. The highest BCUT2D eigenvalue weighted by molar-refractivity contribution is 5.99. The summed E-state index contributed by atoms with van der Waals surface area (Å²) in [5.74, 6) is 0.0893. The van der Waals surface area contributed by atoms with Crippen LogP contribution in [0.4, 0.5) is 0 Å². The van der Waals surface area contributed by atoms with Crippen LogP contribution < -0.4 is 0 Å². The summed E-state index contributed by atoms with van der Waals surface area (Å²) in [5.41, 5.74) is 3.55. The van der Waals surface area contributed by atoms with Gasteiger partial charge in [-0.15, -0.1) is 0 Å². The van der Waals surface area contributed by atoms with Crippen molar-refractivity contribution in [3.63, 3.8) is 0 Å². The average molecular weight is 260 g/mol. The van der Waals surface area contributed by atoms with Gasteiger partial charge in [-0.1, -0.05) is 13.8 Å². The number of hydrogen-bond acceptors (Lipinski definition) is 3. The number of rotatable bonds is 4. The number of ketones is 1. The number of fused-ring (bicyclic) bond motifs is 1.